The summed E-state index contributed by atoms with van der Waals surface area (Å²) in [6, 6.07) is 0.180. The van der Waals surface area contributed by atoms with Gasteiger partial charge in [-0.15, -0.1) is 0 Å². The molecule has 86 valence electrons. The molecule has 3 atom stereocenters. The molecule has 0 heterocycles. The second-order valence-corrected chi connectivity index (χ2v) is 4.89. The Bertz CT molecular complexity index is 157. The van der Waals surface area contributed by atoms with Crippen LogP contribution >= 0.6 is 0 Å². The van der Waals surface area contributed by atoms with Crippen LogP contribution in [-0.2, 0) is 4.74 Å². The molecule has 0 spiro atoms. The van der Waals surface area contributed by atoms with Crippen LogP contribution in [0.15, 0.2) is 0 Å². The Morgan fingerprint density at radius 1 is 1.21 bits per heavy atom. The van der Waals surface area contributed by atoms with E-state index in [4.69, 9.17) is 16.2 Å². The largest absolute Gasteiger partial charge is 0.375 e. The fraction of sp³-hybridized carbons (Fsp3) is 1.00. The van der Waals surface area contributed by atoms with E-state index in [2.05, 4.69) is 27.7 Å². The van der Waals surface area contributed by atoms with E-state index in [-0.39, 0.29) is 11.6 Å². The van der Waals surface area contributed by atoms with Gasteiger partial charge in [0.15, 0.2) is 0 Å². The summed E-state index contributed by atoms with van der Waals surface area (Å²) in [6.07, 6.45) is 0. The van der Waals surface area contributed by atoms with Crippen LogP contribution in [0.3, 0.4) is 0 Å². The SMILES string of the molecule is CC(N)C(C)COC(C)(C)C(C)CN. The van der Waals surface area contributed by atoms with E-state index >= 15 is 0 Å². The third-order valence-corrected chi connectivity index (χ3v) is 3.16. The summed E-state index contributed by atoms with van der Waals surface area (Å²) in [4.78, 5) is 0. The van der Waals surface area contributed by atoms with Crippen LogP contribution < -0.4 is 11.5 Å². The third kappa shape index (κ3) is 4.40. The van der Waals surface area contributed by atoms with Gasteiger partial charge < -0.3 is 16.2 Å². The molecule has 3 heteroatoms. The first-order chi connectivity index (χ1) is 6.31. The van der Waals surface area contributed by atoms with Gasteiger partial charge in [-0.05, 0) is 39.2 Å². The molecule has 0 aliphatic carbocycles. The Morgan fingerprint density at radius 3 is 2.07 bits per heavy atom. The van der Waals surface area contributed by atoms with Gasteiger partial charge in [0.2, 0.25) is 0 Å². The van der Waals surface area contributed by atoms with Crippen molar-refractivity contribution in [1.29, 1.82) is 0 Å². The van der Waals surface area contributed by atoms with Crippen molar-refractivity contribution < 1.29 is 4.74 Å². The lowest BCUT2D eigenvalue weighted by atomic mass is 9.92. The molecule has 0 amide bonds. The highest BCUT2D eigenvalue weighted by molar-refractivity contribution is 4.77. The van der Waals surface area contributed by atoms with E-state index in [0.717, 1.165) is 0 Å². The molecule has 0 aromatic carbocycles. The van der Waals surface area contributed by atoms with Gasteiger partial charge in [-0.2, -0.15) is 0 Å². The summed E-state index contributed by atoms with van der Waals surface area (Å²) in [7, 11) is 0. The highest BCUT2D eigenvalue weighted by Crippen LogP contribution is 2.21. The van der Waals surface area contributed by atoms with Gasteiger partial charge in [0, 0.05) is 6.04 Å². The molecule has 0 fully saturated rings. The number of ether oxygens (including phenoxy) is 1. The second kappa shape index (κ2) is 5.69. The van der Waals surface area contributed by atoms with E-state index in [1.54, 1.807) is 0 Å². The molecule has 0 saturated carbocycles. The molecule has 0 rings (SSSR count). The van der Waals surface area contributed by atoms with Gasteiger partial charge in [-0.25, -0.2) is 0 Å². The lowest BCUT2D eigenvalue weighted by molar-refractivity contribution is -0.0671. The molecule has 3 nitrogen and oxygen atoms in total. The normalized spacial score (nSPS) is 19.1. The van der Waals surface area contributed by atoms with Gasteiger partial charge in [-0.1, -0.05) is 13.8 Å². The molecule has 0 aromatic rings. The lowest BCUT2D eigenvalue weighted by Crippen LogP contribution is -2.40. The Labute approximate surface area is 88.2 Å². The van der Waals surface area contributed by atoms with Crippen LogP contribution in [0, 0.1) is 11.8 Å². The van der Waals surface area contributed by atoms with Gasteiger partial charge in [0.05, 0.1) is 12.2 Å². The van der Waals surface area contributed by atoms with E-state index in [9.17, 15) is 0 Å². The molecular formula is C11H26N2O. The molecule has 0 aliphatic heterocycles. The van der Waals surface area contributed by atoms with E-state index in [1.807, 2.05) is 6.92 Å². The maximum atomic E-state index is 5.85. The first-order valence-corrected chi connectivity index (χ1v) is 5.40. The molecule has 0 aromatic heterocycles. The maximum Gasteiger partial charge on any atom is 0.0664 e. The van der Waals surface area contributed by atoms with Crippen molar-refractivity contribution in [1.82, 2.24) is 0 Å². The summed E-state index contributed by atoms with van der Waals surface area (Å²) in [6.45, 7) is 11.7. The molecule has 3 unspecified atom stereocenters. The fourth-order valence-electron chi connectivity index (χ4n) is 0.924. The highest BCUT2D eigenvalue weighted by Gasteiger charge is 2.26. The summed E-state index contributed by atoms with van der Waals surface area (Å²) in [5, 5.41) is 0. The number of hydrogen-bond acceptors (Lipinski definition) is 3. The van der Waals surface area contributed by atoms with Crippen LogP contribution in [0.25, 0.3) is 0 Å². The Balaban J connectivity index is 3.98. The summed E-state index contributed by atoms with van der Waals surface area (Å²) in [5.74, 6) is 0.752. The van der Waals surface area contributed by atoms with Gasteiger partial charge >= 0.3 is 0 Å². The predicted molar refractivity (Wildman–Crippen MR) is 61.1 cm³/mol. The molecule has 4 N–H and O–H groups in total. The zero-order valence-corrected chi connectivity index (χ0v) is 10.2. The first kappa shape index (κ1) is 13.9. The van der Waals surface area contributed by atoms with Crippen molar-refractivity contribution in [3.05, 3.63) is 0 Å². The van der Waals surface area contributed by atoms with E-state index < -0.39 is 0 Å². The summed E-state index contributed by atoms with van der Waals surface area (Å²) in [5.41, 5.74) is 11.2. The summed E-state index contributed by atoms with van der Waals surface area (Å²) < 4.78 is 5.85. The zero-order chi connectivity index (χ0) is 11.4. The lowest BCUT2D eigenvalue weighted by Gasteiger charge is -2.33. The van der Waals surface area contributed by atoms with Crippen LogP contribution in [0.5, 0.6) is 0 Å². The molecule has 14 heavy (non-hydrogen) atoms. The zero-order valence-electron chi connectivity index (χ0n) is 10.2. The second-order valence-electron chi connectivity index (χ2n) is 4.89. The van der Waals surface area contributed by atoms with Gasteiger partial charge in [0.25, 0.3) is 0 Å². The highest BCUT2D eigenvalue weighted by atomic mass is 16.5. The Kier molecular flexibility index (Phi) is 5.64. The number of rotatable bonds is 6. The Morgan fingerprint density at radius 2 is 1.71 bits per heavy atom. The number of nitrogens with two attached hydrogens (primary N) is 2. The molecule has 0 saturated heterocycles. The molecular weight excluding hydrogens is 176 g/mol. The molecule has 0 aliphatic rings. The molecule has 0 bridgehead atoms. The van der Waals surface area contributed by atoms with Crippen LogP contribution in [0.2, 0.25) is 0 Å². The third-order valence-electron chi connectivity index (χ3n) is 3.16. The van der Waals surface area contributed by atoms with Crippen molar-refractivity contribution in [2.75, 3.05) is 13.2 Å². The fourth-order valence-corrected chi connectivity index (χ4v) is 0.924. The minimum atomic E-state index is -0.155. The van der Waals surface area contributed by atoms with Crippen molar-refractivity contribution in [2.45, 2.75) is 46.3 Å². The average Bonchev–Trinajstić information content (AvgIpc) is 2.12. The smallest absolute Gasteiger partial charge is 0.0664 e. The van der Waals surface area contributed by atoms with E-state index in [1.165, 1.54) is 0 Å². The minimum absolute atomic E-state index is 0.155. The van der Waals surface area contributed by atoms with Crippen LogP contribution in [0.4, 0.5) is 0 Å². The molecule has 0 radical (unpaired) electrons. The standard InChI is InChI=1S/C11H26N2O/c1-8(10(3)13)7-14-11(4,5)9(2)6-12/h8-10H,6-7,12-13H2,1-5H3. The van der Waals surface area contributed by atoms with Crippen molar-refractivity contribution >= 4 is 0 Å². The summed E-state index contributed by atoms with van der Waals surface area (Å²) >= 11 is 0. The van der Waals surface area contributed by atoms with Crippen molar-refractivity contribution in [3.63, 3.8) is 0 Å². The monoisotopic (exact) mass is 202 g/mol. The number of hydrogen-bond donors (Lipinski definition) is 2. The minimum Gasteiger partial charge on any atom is -0.375 e. The topological polar surface area (TPSA) is 61.3 Å². The van der Waals surface area contributed by atoms with E-state index in [0.29, 0.717) is 25.0 Å². The predicted octanol–water partition coefficient (Wildman–Crippen LogP) is 1.36. The Hall–Kier alpha value is -0.120. The van der Waals surface area contributed by atoms with Crippen LogP contribution in [0.1, 0.15) is 34.6 Å². The van der Waals surface area contributed by atoms with Gasteiger partial charge in [0.1, 0.15) is 0 Å². The van der Waals surface area contributed by atoms with Gasteiger partial charge in [-0.3, -0.25) is 0 Å². The first-order valence-electron chi connectivity index (χ1n) is 5.40. The quantitative estimate of drug-likeness (QED) is 0.683. The van der Waals surface area contributed by atoms with Crippen molar-refractivity contribution in [3.8, 4) is 0 Å². The van der Waals surface area contributed by atoms with Crippen LogP contribution in [-0.4, -0.2) is 24.8 Å². The maximum absolute atomic E-state index is 5.85. The van der Waals surface area contributed by atoms with Crippen molar-refractivity contribution in [2.24, 2.45) is 23.3 Å². The average molecular weight is 202 g/mol.